The molecular weight excluding hydrogens is 262 g/mol. The monoisotopic (exact) mass is 279 g/mol. The zero-order chi connectivity index (χ0) is 15.1. The van der Waals surface area contributed by atoms with Crippen molar-refractivity contribution in [1.82, 2.24) is 0 Å². The lowest BCUT2D eigenvalue weighted by atomic mass is 10.1. The van der Waals surface area contributed by atoms with Crippen molar-refractivity contribution in [3.63, 3.8) is 0 Å². The molecular formula is C18H17NO2. The predicted molar refractivity (Wildman–Crippen MR) is 82.0 cm³/mol. The fourth-order valence-corrected chi connectivity index (χ4v) is 2.01. The molecule has 0 aliphatic heterocycles. The Kier molecular flexibility index (Phi) is 5.14. The molecule has 3 nitrogen and oxygen atoms in total. The molecule has 2 rings (SSSR count). The highest BCUT2D eigenvalue weighted by atomic mass is 16.5. The highest BCUT2D eigenvalue weighted by Gasteiger charge is 2.10. The molecule has 0 aliphatic carbocycles. The van der Waals surface area contributed by atoms with Gasteiger partial charge in [-0.3, -0.25) is 0 Å². The number of hydrogen-bond acceptors (Lipinski definition) is 3. The zero-order valence-electron chi connectivity index (χ0n) is 11.7. The van der Waals surface area contributed by atoms with E-state index >= 15 is 0 Å². The zero-order valence-corrected chi connectivity index (χ0v) is 11.7. The molecule has 0 radical (unpaired) electrons. The van der Waals surface area contributed by atoms with Gasteiger partial charge in [-0.1, -0.05) is 36.4 Å². The van der Waals surface area contributed by atoms with E-state index in [9.17, 15) is 5.11 Å². The quantitative estimate of drug-likeness (QED) is 0.824. The van der Waals surface area contributed by atoms with E-state index in [0.29, 0.717) is 5.56 Å². The third-order valence-corrected chi connectivity index (χ3v) is 3.16. The minimum Gasteiger partial charge on any atom is -0.490 e. The van der Waals surface area contributed by atoms with Gasteiger partial charge < -0.3 is 9.84 Å². The van der Waals surface area contributed by atoms with Crippen LogP contribution in [0.3, 0.4) is 0 Å². The topological polar surface area (TPSA) is 53.2 Å². The summed E-state index contributed by atoms with van der Waals surface area (Å²) < 4.78 is 5.70. The SMILES string of the molecule is C=CCc1ccccc1OCC(O)c1ccc(C#N)cc1. The lowest BCUT2D eigenvalue weighted by Gasteiger charge is -2.15. The van der Waals surface area contributed by atoms with Crippen molar-refractivity contribution >= 4 is 0 Å². The Bertz CT molecular complexity index is 641. The fraction of sp³-hybridized carbons (Fsp3) is 0.167. The van der Waals surface area contributed by atoms with E-state index in [1.165, 1.54) is 0 Å². The van der Waals surface area contributed by atoms with Crippen LogP contribution in [-0.2, 0) is 6.42 Å². The van der Waals surface area contributed by atoms with E-state index in [-0.39, 0.29) is 6.61 Å². The highest BCUT2D eigenvalue weighted by Crippen LogP contribution is 2.21. The molecule has 1 atom stereocenters. The van der Waals surface area contributed by atoms with Gasteiger partial charge in [-0.05, 0) is 35.7 Å². The molecule has 3 heteroatoms. The number of rotatable bonds is 6. The third kappa shape index (κ3) is 3.95. The Hall–Kier alpha value is -2.57. The summed E-state index contributed by atoms with van der Waals surface area (Å²) >= 11 is 0. The van der Waals surface area contributed by atoms with Gasteiger partial charge >= 0.3 is 0 Å². The second-order valence-corrected chi connectivity index (χ2v) is 4.66. The molecule has 0 fully saturated rings. The van der Waals surface area contributed by atoms with E-state index < -0.39 is 6.10 Å². The molecule has 0 aromatic heterocycles. The predicted octanol–water partition coefficient (Wildman–Crippen LogP) is 3.40. The van der Waals surface area contributed by atoms with Gasteiger partial charge in [0.15, 0.2) is 0 Å². The molecule has 0 amide bonds. The third-order valence-electron chi connectivity index (χ3n) is 3.16. The lowest BCUT2D eigenvalue weighted by molar-refractivity contribution is 0.107. The summed E-state index contributed by atoms with van der Waals surface area (Å²) in [4.78, 5) is 0. The molecule has 106 valence electrons. The van der Waals surface area contributed by atoms with Gasteiger partial charge in [-0.2, -0.15) is 5.26 Å². The number of para-hydroxylation sites is 1. The number of aliphatic hydroxyl groups excluding tert-OH is 1. The van der Waals surface area contributed by atoms with Crippen LogP contribution in [0.2, 0.25) is 0 Å². The van der Waals surface area contributed by atoms with Crippen LogP contribution >= 0.6 is 0 Å². The molecule has 1 N–H and O–H groups in total. The van der Waals surface area contributed by atoms with Gasteiger partial charge in [-0.25, -0.2) is 0 Å². The van der Waals surface area contributed by atoms with Crippen LogP contribution in [0.15, 0.2) is 61.2 Å². The summed E-state index contributed by atoms with van der Waals surface area (Å²) in [7, 11) is 0. The van der Waals surface area contributed by atoms with Gasteiger partial charge in [0.05, 0.1) is 11.6 Å². The van der Waals surface area contributed by atoms with Crippen molar-refractivity contribution in [2.75, 3.05) is 6.61 Å². The molecule has 0 aliphatic rings. The Labute approximate surface area is 124 Å². The van der Waals surface area contributed by atoms with Crippen LogP contribution in [0.25, 0.3) is 0 Å². The maximum absolute atomic E-state index is 10.1. The lowest BCUT2D eigenvalue weighted by Crippen LogP contribution is -2.10. The average molecular weight is 279 g/mol. The van der Waals surface area contributed by atoms with Crippen LogP contribution in [0, 0.1) is 11.3 Å². The molecule has 0 saturated heterocycles. The van der Waals surface area contributed by atoms with E-state index in [0.717, 1.165) is 23.3 Å². The average Bonchev–Trinajstić information content (AvgIpc) is 2.54. The Morgan fingerprint density at radius 2 is 1.90 bits per heavy atom. The Balaban J connectivity index is 2.02. The minimum absolute atomic E-state index is 0.167. The minimum atomic E-state index is -0.727. The van der Waals surface area contributed by atoms with Crippen molar-refractivity contribution in [2.24, 2.45) is 0 Å². The first-order valence-electron chi connectivity index (χ1n) is 6.74. The van der Waals surface area contributed by atoms with Crippen molar-refractivity contribution in [3.8, 4) is 11.8 Å². The summed E-state index contributed by atoms with van der Waals surface area (Å²) in [5.41, 5.74) is 2.35. The second-order valence-electron chi connectivity index (χ2n) is 4.66. The summed E-state index contributed by atoms with van der Waals surface area (Å²) in [6.45, 7) is 3.89. The number of allylic oxidation sites excluding steroid dienone is 1. The van der Waals surface area contributed by atoms with Crippen LogP contribution < -0.4 is 4.74 Å². The number of hydrogen-bond donors (Lipinski definition) is 1. The van der Waals surface area contributed by atoms with Crippen LogP contribution in [0.1, 0.15) is 22.8 Å². The molecule has 21 heavy (non-hydrogen) atoms. The summed E-state index contributed by atoms with van der Waals surface area (Å²) in [6, 6.07) is 16.6. The maximum Gasteiger partial charge on any atom is 0.122 e. The van der Waals surface area contributed by atoms with E-state index in [2.05, 4.69) is 12.6 Å². The molecule has 0 spiro atoms. The highest BCUT2D eigenvalue weighted by molar-refractivity contribution is 5.35. The largest absolute Gasteiger partial charge is 0.490 e. The summed E-state index contributed by atoms with van der Waals surface area (Å²) in [5.74, 6) is 0.755. The number of ether oxygens (including phenoxy) is 1. The first-order chi connectivity index (χ1) is 10.2. The number of nitriles is 1. The standard InChI is InChI=1S/C18H17NO2/c1-2-5-16-6-3-4-7-18(16)21-13-17(20)15-10-8-14(12-19)9-11-15/h2-4,6-11,17,20H,1,5,13H2. The number of nitrogens with zero attached hydrogens (tertiary/aromatic N) is 1. The smallest absolute Gasteiger partial charge is 0.122 e. The first kappa shape index (κ1) is 14.8. The molecule has 0 saturated carbocycles. The molecule has 2 aromatic rings. The molecule has 2 aromatic carbocycles. The van der Waals surface area contributed by atoms with Crippen LogP contribution in [0.5, 0.6) is 5.75 Å². The van der Waals surface area contributed by atoms with Gasteiger partial charge in [0.25, 0.3) is 0 Å². The normalized spacial score (nSPS) is 11.4. The Morgan fingerprint density at radius 3 is 2.57 bits per heavy atom. The summed E-state index contributed by atoms with van der Waals surface area (Å²) in [6.07, 6.45) is 1.82. The fourth-order valence-electron chi connectivity index (χ4n) is 2.01. The van der Waals surface area contributed by atoms with Gasteiger partial charge in [0.1, 0.15) is 18.5 Å². The number of aliphatic hydroxyl groups is 1. The molecule has 0 bridgehead atoms. The number of benzene rings is 2. The second kappa shape index (κ2) is 7.28. The van der Waals surface area contributed by atoms with Crippen molar-refractivity contribution in [1.29, 1.82) is 5.26 Å². The molecule has 0 heterocycles. The van der Waals surface area contributed by atoms with Gasteiger partial charge in [0, 0.05) is 0 Å². The van der Waals surface area contributed by atoms with Crippen molar-refractivity contribution in [3.05, 3.63) is 77.9 Å². The maximum atomic E-state index is 10.1. The van der Waals surface area contributed by atoms with E-state index in [4.69, 9.17) is 10.00 Å². The first-order valence-corrected chi connectivity index (χ1v) is 6.74. The van der Waals surface area contributed by atoms with E-state index in [1.54, 1.807) is 24.3 Å². The van der Waals surface area contributed by atoms with Crippen LogP contribution in [0.4, 0.5) is 0 Å². The van der Waals surface area contributed by atoms with Gasteiger partial charge in [-0.15, -0.1) is 6.58 Å². The molecule has 1 unspecified atom stereocenters. The van der Waals surface area contributed by atoms with Gasteiger partial charge in [0.2, 0.25) is 0 Å². The van der Waals surface area contributed by atoms with E-state index in [1.807, 2.05) is 30.3 Å². The Morgan fingerprint density at radius 1 is 1.19 bits per heavy atom. The van der Waals surface area contributed by atoms with Crippen LogP contribution in [-0.4, -0.2) is 11.7 Å². The van der Waals surface area contributed by atoms with Crippen molar-refractivity contribution in [2.45, 2.75) is 12.5 Å². The van der Waals surface area contributed by atoms with Crippen molar-refractivity contribution < 1.29 is 9.84 Å². The summed E-state index contributed by atoms with van der Waals surface area (Å²) in [5, 5.41) is 18.9.